The minimum Gasteiger partial charge on any atom is -0.491 e. The van der Waals surface area contributed by atoms with Crippen LogP contribution >= 0.6 is 0 Å². The predicted molar refractivity (Wildman–Crippen MR) is 109 cm³/mol. The Morgan fingerprint density at radius 3 is 2.86 bits per heavy atom. The van der Waals surface area contributed by atoms with Crippen molar-refractivity contribution in [3.63, 3.8) is 0 Å². The molecule has 0 radical (unpaired) electrons. The Morgan fingerprint density at radius 1 is 1.24 bits per heavy atom. The van der Waals surface area contributed by atoms with Crippen LogP contribution < -0.4 is 15.0 Å². The molecule has 7 nitrogen and oxygen atoms in total. The first-order valence-electron chi connectivity index (χ1n) is 10.2. The number of hydrogen-bond acceptors (Lipinski definition) is 5. The number of ether oxygens (including phenoxy) is 2. The zero-order valence-corrected chi connectivity index (χ0v) is 16.8. The number of amides is 2. The fourth-order valence-corrected chi connectivity index (χ4v) is 3.53. The smallest absolute Gasteiger partial charge is 0.326 e. The molecular weight excluding hydrogens is 372 g/mol. The Kier molecular flexibility index (Phi) is 7.27. The second-order valence-electron chi connectivity index (χ2n) is 7.33. The van der Waals surface area contributed by atoms with Crippen LogP contribution in [0.5, 0.6) is 5.75 Å². The van der Waals surface area contributed by atoms with Gasteiger partial charge >= 0.3 is 5.97 Å². The number of rotatable bonds is 7. The van der Waals surface area contributed by atoms with Gasteiger partial charge in [-0.15, -0.1) is 0 Å². The van der Waals surface area contributed by atoms with E-state index in [1.807, 2.05) is 0 Å². The number of carbonyl (C=O) groups excluding carboxylic acids is 3. The van der Waals surface area contributed by atoms with Crippen molar-refractivity contribution in [1.29, 1.82) is 0 Å². The highest BCUT2D eigenvalue weighted by Crippen LogP contribution is 2.30. The van der Waals surface area contributed by atoms with Gasteiger partial charge in [0.25, 0.3) is 5.91 Å². The second-order valence-corrected chi connectivity index (χ2v) is 7.33. The molecule has 1 N–H and O–H groups in total. The van der Waals surface area contributed by atoms with Gasteiger partial charge in [-0.05, 0) is 51.2 Å². The molecular formula is C22H28N2O5. The zero-order valence-electron chi connectivity index (χ0n) is 16.8. The summed E-state index contributed by atoms with van der Waals surface area (Å²) in [6, 6.07) is 7.06. The molecule has 0 spiro atoms. The number of anilines is 1. The van der Waals surface area contributed by atoms with Crippen molar-refractivity contribution in [2.75, 3.05) is 24.6 Å². The number of allylic oxidation sites excluding steroid dienone is 1. The summed E-state index contributed by atoms with van der Waals surface area (Å²) < 4.78 is 10.8. The number of nitrogens with zero attached hydrogens (tertiary/aromatic N) is 1. The van der Waals surface area contributed by atoms with E-state index in [0.717, 1.165) is 19.3 Å². The van der Waals surface area contributed by atoms with Crippen molar-refractivity contribution >= 4 is 23.5 Å². The molecule has 3 rings (SSSR count). The van der Waals surface area contributed by atoms with Gasteiger partial charge in [0.05, 0.1) is 18.7 Å². The highest BCUT2D eigenvalue weighted by atomic mass is 16.5. The number of para-hydroxylation sites is 2. The van der Waals surface area contributed by atoms with Crippen LogP contribution in [0, 0.1) is 0 Å². The molecule has 1 heterocycles. The molecule has 156 valence electrons. The van der Waals surface area contributed by atoms with Crippen LogP contribution in [-0.2, 0) is 19.1 Å². The minimum atomic E-state index is -0.920. The predicted octanol–water partition coefficient (Wildman–Crippen LogP) is 2.74. The van der Waals surface area contributed by atoms with Crippen LogP contribution in [0.3, 0.4) is 0 Å². The normalized spacial score (nSPS) is 17.3. The van der Waals surface area contributed by atoms with E-state index in [-0.39, 0.29) is 31.4 Å². The van der Waals surface area contributed by atoms with E-state index in [0.29, 0.717) is 18.0 Å². The number of hydrogen-bond donors (Lipinski definition) is 1. The van der Waals surface area contributed by atoms with E-state index in [2.05, 4.69) is 11.4 Å². The van der Waals surface area contributed by atoms with E-state index in [9.17, 15) is 14.4 Å². The average Bonchev–Trinajstić information content (AvgIpc) is 2.87. The van der Waals surface area contributed by atoms with Crippen molar-refractivity contribution in [2.24, 2.45) is 0 Å². The van der Waals surface area contributed by atoms with Crippen molar-refractivity contribution in [3.05, 3.63) is 35.9 Å². The lowest BCUT2D eigenvalue weighted by Crippen LogP contribution is -2.41. The van der Waals surface area contributed by atoms with Gasteiger partial charge in [-0.1, -0.05) is 23.8 Å². The average molecular weight is 400 g/mol. The fraction of sp³-hybridized carbons (Fsp3) is 0.500. The minimum absolute atomic E-state index is 0.174. The maximum absolute atomic E-state index is 12.4. The molecule has 1 aromatic rings. The highest BCUT2D eigenvalue weighted by molar-refractivity contribution is 5.99. The monoisotopic (exact) mass is 400 g/mol. The summed E-state index contributed by atoms with van der Waals surface area (Å²) in [6.07, 6.45) is 6.97. The van der Waals surface area contributed by atoms with Gasteiger partial charge in [0.2, 0.25) is 5.91 Å². The third-order valence-corrected chi connectivity index (χ3v) is 5.13. The van der Waals surface area contributed by atoms with Crippen LogP contribution in [0.15, 0.2) is 35.9 Å². The maximum Gasteiger partial charge on any atom is 0.326 e. The lowest BCUT2D eigenvalue weighted by atomic mass is 9.97. The maximum atomic E-state index is 12.4. The summed E-state index contributed by atoms with van der Waals surface area (Å²) in [5.41, 5.74) is 1.91. The van der Waals surface area contributed by atoms with E-state index in [1.54, 1.807) is 24.3 Å². The number of benzene rings is 1. The van der Waals surface area contributed by atoms with Gasteiger partial charge in [-0.3, -0.25) is 19.3 Å². The standard InChI is InChI=1S/C22H28N2O5/c1-16(22(27)23-13-11-17-7-3-2-4-8-17)29-21(26)15-24-18-9-5-6-10-19(18)28-14-12-20(24)25/h5-7,9-10,16H,2-4,8,11-15H2,1H3,(H,23,27)/t16-/m0/s1. The molecule has 29 heavy (non-hydrogen) atoms. The van der Waals surface area contributed by atoms with Crippen LogP contribution in [0.25, 0.3) is 0 Å². The summed E-state index contributed by atoms with van der Waals surface area (Å²) >= 11 is 0. The van der Waals surface area contributed by atoms with Gasteiger partial charge in [0.15, 0.2) is 6.10 Å². The van der Waals surface area contributed by atoms with Gasteiger partial charge in [-0.2, -0.15) is 0 Å². The quantitative estimate of drug-likeness (QED) is 0.562. The number of carbonyl (C=O) groups is 3. The molecule has 0 aromatic heterocycles. The summed E-state index contributed by atoms with van der Waals surface area (Å²) in [5.74, 6) is -0.632. The molecule has 1 aliphatic heterocycles. The molecule has 0 saturated heterocycles. The Balaban J connectivity index is 1.49. The van der Waals surface area contributed by atoms with Gasteiger partial charge in [-0.25, -0.2) is 0 Å². The van der Waals surface area contributed by atoms with E-state index >= 15 is 0 Å². The van der Waals surface area contributed by atoms with Crippen LogP contribution in [0.4, 0.5) is 5.69 Å². The first-order valence-corrected chi connectivity index (χ1v) is 10.2. The largest absolute Gasteiger partial charge is 0.491 e. The molecule has 2 amide bonds. The van der Waals surface area contributed by atoms with Gasteiger partial charge in [0.1, 0.15) is 12.3 Å². The van der Waals surface area contributed by atoms with Crippen LogP contribution in [0.2, 0.25) is 0 Å². The Bertz CT molecular complexity index is 789. The fourth-order valence-electron chi connectivity index (χ4n) is 3.53. The molecule has 0 fully saturated rings. The summed E-state index contributed by atoms with van der Waals surface area (Å²) in [7, 11) is 0. The molecule has 1 aromatic carbocycles. The number of nitrogens with one attached hydrogen (secondary N) is 1. The van der Waals surface area contributed by atoms with Crippen molar-refractivity contribution in [2.45, 2.75) is 51.6 Å². The van der Waals surface area contributed by atoms with Crippen molar-refractivity contribution in [1.82, 2.24) is 5.32 Å². The molecule has 1 atom stereocenters. The van der Waals surface area contributed by atoms with Crippen LogP contribution in [0.1, 0.15) is 45.4 Å². The Labute approximate surface area is 171 Å². The molecule has 0 unspecified atom stereocenters. The van der Waals surface area contributed by atoms with Gasteiger partial charge in [0, 0.05) is 6.54 Å². The SMILES string of the molecule is C[C@H](OC(=O)CN1C(=O)CCOc2ccccc21)C(=O)NCCC1=CCCCC1. The van der Waals surface area contributed by atoms with Crippen molar-refractivity contribution < 1.29 is 23.9 Å². The third kappa shape index (κ3) is 5.82. The summed E-state index contributed by atoms with van der Waals surface area (Å²) in [5, 5.41) is 2.82. The van der Waals surface area contributed by atoms with E-state index in [1.165, 1.54) is 30.2 Å². The number of esters is 1. The Morgan fingerprint density at radius 2 is 2.07 bits per heavy atom. The first kappa shape index (κ1) is 20.9. The third-order valence-electron chi connectivity index (χ3n) is 5.13. The van der Waals surface area contributed by atoms with Crippen molar-refractivity contribution in [3.8, 4) is 5.75 Å². The summed E-state index contributed by atoms with van der Waals surface area (Å²) in [4.78, 5) is 38.3. The van der Waals surface area contributed by atoms with Gasteiger partial charge < -0.3 is 14.8 Å². The molecule has 0 saturated carbocycles. The lowest BCUT2D eigenvalue weighted by molar-refractivity contribution is -0.153. The topological polar surface area (TPSA) is 84.9 Å². The molecule has 2 aliphatic rings. The zero-order chi connectivity index (χ0) is 20.6. The Hall–Kier alpha value is -2.83. The van der Waals surface area contributed by atoms with E-state index in [4.69, 9.17) is 9.47 Å². The lowest BCUT2D eigenvalue weighted by Gasteiger charge is -2.22. The molecule has 1 aliphatic carbocycles. The summed E-state index contributed by atoms with van der Waals surface area (Å²) in [6.45, 7) is 2.07. The molecule has 7 heteroatoms. The number of fused-ring (bicyclic) bond motifs is 1. The van der Waals surface area contributed by atoms with E-state index < -0.39 is 12.1 Å². The highest BCUT2D eigenvalue weighted by Gasteiger charge is 2.27. The molecule has 0 bridgehead atoms. The second kappa shape index (κ2) is 10.1. The first-order chi connectivity index (χ1) is 14.0. The van der Waals surface area contributed by atoms with Crippen LogP contribution in [-0.4, -0.2) is 43.6 Å².